The molecule has 0 atom stereocenters. The summed E-state index contributed by atoms with van der Waals surface area (Å²) in [5.74, 6) is -1.07. The van der Waals surface area contributed by atoms with E-state index in [-0.39, 0.29) is 23.5 Å². The summed E-state index contributed by atoms with van der Waals surface area (Å²) in [6.45, 7) is 1.83. The Labute approximate surface area is 167 Å². The molecule has 0 aliphatic carbocycles. The molecule has 2 heterocycles. The zero-order chi connectivity index (χ0) is 21.1. The van der Waals surface area contributed by atoms with Crippen molar-refractivity contribution in [3.05, 3.63) is 71.3 Å². The molecule has 2 aromatic heterocycles. The standard InChI is InChI=1S/C21H22FN5O2/c1-4-5-13(21(24)29-3)8-12-6-7-15-16(14-10-25-27(2)11-14)9-17(20(23)28)26-19(15)18(12)22/h4-7,9-11H,8,24H2,1-3H3,(H2,23,28)/b5-4-,21-13-. The summed E-state index contributed by atoms with van der Waals surface area (Å²) in [7, 11) is 3.23. The van der Waals surface area contributed by atoms with Gasteiger partial charge in [-0.15, -0.1) is 0 Å². The molecule has 3 rings (SSSR count). The number of aryl methyl sites for hydroxylation is 1. The predicted molar refractivity (Wildman–Crippen MR) is 109 cm³/mol. The highest BCUT2D eigenvalue weighted by molar-refractivity contribution is 6.01. The van der Waals surface area contributed by atoms with Gasteiger partial charge in [0, 0.05) is 36.2 Å². The van der Waals surface area contributed by atoms with E-state index in [9.17, 15) is 4.79 Å². The fourth-order valence-corrected chi connectivity index (χ4v) is 3.13. The molecule has 29 heavy (non-hydrogen) atoms. The lowest BCUT2D eigenvalue weighted by Crippen LogP contribution is -2.14. The molecule has 4 N–H and O–H groups in total. The third-order valence-corrected chi connectivity index (χ3v) is 4.55. The Bertz CT molecular complexity index is 1150. The monoisotopic (exact) mass is 395 g/mol. The van der Waals surface area contributed by atoms with Gasteiger partial charge in [0.1, 0.15) is 11.2 Å². The van der Waals surface area contributed by atoms with Gasteiger partial charge in [-0.05, 0) is 24.1 Å². The lowest BCUT2D eigenvalue weighted by atomic mass is 9.97. The van der Waals surface area contributed by atoms with Gasteiger partial charge < -0.3 is 16.2 Å². The fraction of sp³-hybridized carbons (Fsp3) is 0.190. The van der Waals surface area contributed by atoms with Gasteiger partial charge in [0.2, 0.25) is 0 Å². The first-order chi connectivity index (χ1) is 13.8. The largest absolute Gasteiger partial charge is 0.482 e. The van der Waals surface area contributed by atoms with Crippen LogP contribution in [-0.4, -0.2) is 27.8 Å². The second-order valence-electron chi connectivity index (χ2n) is 6.53. The summed E-state index contributed by atoms with van der Waals surface area (Å²) in [6, 6.07) is 4.99. The van der Waals surface area contributed by atoms with E-state index in [0.29, 0.717) is 22.1 Å². The van der Waals surface area contributed by atoms with E-state index in [1.807, 2.05) is 6.92 Å². The first-order valence-electron chi connectivity index (χ1n) is 8.92. The topological polar surface area (TPSA) is 109 Å². The van der Waals surface area contributed by atoms with Crippen LogP contribution in [0.25, 0.3) is 22.0 Å². The van der Waals surface area contributed by atoms with Crippen LogP contribution >= 0.6 is 0 Å². The number of carbonyl (C=O) groups excluding carboxylic acids is 1. The van der Waals surface area contributed by atoms with E-state index >= 15 is 4.39 Å². The maximum absolute atomic E-state index is 15.4. The number of ether oxygens (including phenoxy) is 1. The van der Waals surface area contributed by atoms with Gasteiger partial charge in [-0.1, -0.05) is 24.3 Å². The Morgan fingerprint density at radius 2 is 2.10 bits per heavy atom. The normalized spacial score (nSPS) is 12.4. The molecule has 7 nitrogen and oxygen atoms in total. The molecule has 0 saturated heterocycles. The van der Waals surface area contributed by atoms with Crippen molar-refractivity contribution < 1.29 is 13.9 Å². The lowest BCUT2D eigenvalue weighted by molar-refractivity contribution is 0.0996. The zero-order valence-electron chi connectivity index (χ0n) is 16.4. The van der Waals surface area contributed by atoms with Gasteiger partial charge in [-0.3, -0.25) is 9.48 Å². The number of rotatable bonds is 6. The third kappa shape index (κ3) is 3.96. The smallest absolute Gasteiger partial charge is 0.267 e. The Kier molecular flexibility index (Phi) is 5.63. The molecule has 3 aromatic rings. The van der Waals surface area contributed by atoms with Crippen LogP contribution in [-0.2, 0) is 18.2 Å². The number of hydrogen-bond donors (Lipinski definition) is 2. The van der Waals surface area contributed by atoms with Crippen LogP contribution in [0, 0.1) is 5.82 Å². The van der Waals surface area contributed by atoms with Crippen LogP contribution in [0.1, 0.15) is 23.0 Å². The van der Waals surface area contributed by atoms with Crippen LogP contribution in [0.15, 0.2) is 54.2 Å². The number of allylic oxidation sites excluding steroid dienone is 3. The van der Waals surface area contributed by atoms with Crippen molar-refractivity contribution in [2.45, 2.75) is 13.3 Å². The lowest BCUT2D eigenvalue weighted by Gasteiger charge is -2.12. The van der Waals surface area contributed by atoms with Crippen LogP contribution in [0.5, 0.6) is 0 Å². The minimum atomic E-state index is -0.736. The van der Waals surface area contributed by atoms with Crippen molar-refractivity contribution >= 4 is 16.8 Å². The molecule has 0 saturated carbocycles. The highest BCUT2D eigenvalue weighted by Gasteiger charge is 2.18. The van der Waals surface area contributed by atoms with Gasteiger partial charge in [0.15, 0.2) is 11.7 Å². The number of nitrogens with two attached hydrogens (primary N) is 2. The fourth-order valence-electron chi connectivity index (χ4n) is 3.13. The van der Waals surface area contributed by atoms with E-state index in [2.05, 4.69) is 10.1 Å². The molecular weight excluding hydrogens is 373 g/mol. The Morgan fingerprint density at radius 3 is 2.69 bits per heavy atom. The summed E-state index contributed by atoms with van der Waals surface area (Å²) in [6.07, 6.45) is 7.17. The second kappa shape index (κ2) is 8.14. The number of benzene rings is 1. The van der Waals surface area contributed by atoms with Gasteiger partial charge in [0.25, 0.3) is 5.91 Å². The number of nitrogens with zero attached hydrogens (tertiary/aromatic N) is 3. The maximum Gasteiger partial charge on any atom is 0.267 e. The second-order valence-corrected chi connectivity index (χ2v) is 6.53. The van der Waals surface area contributed by atoms with E-state index in [1.165, 1.54) is 7.11 Å². The molecular formula is C21H22FN5O2. The number of methoxy groups -OCH3 is 1. The summed E-state index contributed by atoms with van der Waals surface area (Å²) in [5.41, 5.74) is 13.7. The van der Waals surface area contributed by atoms with Crippen LogP contribution in [0.4, 0.5) is 4.39 Å². The van der Waals surface area contributed by atoms with Crippen molar-refractivity contribution in [3.63, 3.8) is 0 Å². The quantitative estimate of drug-likeness (QED) is 0.493. The highest BCUT2D eigenvalue weighted by atomic mass is 19.1. The van der Waals surface area contributed by atoms with Gasteiger partial charge >= 0.3 is 0 Å². The number of fused-ring (bicyclic) bond motifs is 1. The van der Waals surface area contributed by atoms with Crippen molar-refractivity contribution in [1.29, 1.82) is 0 Å². The van der Waals surface area contributed by atoms with Gasteiger partial charge in [0.05, 0.1) is 13.3 Å². The van der Waals surface area contributed by atoms with E-state index < -0.39 is 11.7 Å². The molecule has 0 aliphatic heterocycles. The molecule has 0 unspecified atom stereocenters. The number of carbonyl (C=O) groups is 1. The van der Waals surface area contributed by atoms with Crippen LogP contribution < -0.4 is 11.5 Å². The molecule has 0 fully saturated rings. The molecule has 1 amide bonds. The Morgan fingerprint density at radius 1 is 1.34 bits per heavy atom. The Balaban J connectivity index is 2.23. The van der Waals surface area contributed by atoms with Crippen molar-refractivity contribution in [3.8, 4) is 11.1 Å². The molecule has 0 bridgehead atoms. The Hall–Kier alpha value is -3.68. The van der Waals surface area contributed by atoms with E-state index in [1.54, 1.807) is 54.5 Å². The molecule has 0 spiro atoms. The number of aromatic nitrogens is 3. The number of hydrogen-bond acceptors (Lipinski definition) is 5. The highest BCUT2D eigenvalue weighted by Crippen LogP contribution is 2.31. The molecule has 0 aliphatic rings. The minimum Gasteiger partial charge on any atom is -0.482 e. The van der Waals surface area contributed by atoms with E-state index in [0.717, 1.165) is 5.56 Å². The van der Waals surface area contributed by atoms with Crippen molar-refractivity contribution in [2.75, 3.05) is 7.11 Å². The summed E-state index contributed by atoms with van der Waals surface area (Å²) < 4.78 is 22.1. The van der Waals surface area contributed by atoms with Crippen molar-refractivity contribution in [2.24, 2.45) is 18.5 Å². The minimum absolute atomic E-state index is 0.0203. The summed E-state index contributed by atoms with van der Waals surface area (Å²) >= 11 is 0. The first-order valence-corrected chi connectivity index (χ1v) is 8.92. The van der Waals surface area contributed by atoms with E-state index in [4.69, 9.17) is 16.2 Å². The average molecular weight is 395 g/mol. The maximum atomic E-state index is 15.4. The summed E-state index contributed by atoms with van der Waals surface area (Å²) in [5, 5.41) is 4.70. The average Bonchev–Trinajstić information content (AvgIpc) is 3.14. The summed E-state index contributed by atoms with van der Waals surface area (Å²) in [4.78, 5) is 16.0. The van der Waals surface area contributed by atoms with Crippen molar-refractivity contribution in [1.82, 2.24) is 14.8 Å². The number of amides is 1. The molecule has 8 heteroatoms. The van der Waals surface area contributed by atoms with Crippen LogP contribution in [0.2, 0.25) is 0 Å². The number of primary amides is 1. The molecule has 1 aromatic carbocycles. The van der Waals surface area contributed by atoms with Crippen LogP contribution in [0.3, 0.4) is 0 Å². The van der Waals surface area contributed by atoms with Gasteiger partial charge in [-0.2, -0.15) is 5.10 Å². The molecule has 150 valence electrons. The number of pyridine rings is 1. The third-order valence-electron chi connectivity index (χ3n) is 4.55. The zero-order valence-corrected chi connectivity index (χ0v) is 16.4. The predicted octanol–water partition coefficient (Wildman–Crippen LogP) is 2.81. The first kappa shape index (κ1) is 20.1. The number of halogens is 1. The molecule has 0 radical (unpaired) electrons. The SMILES string of the molecule is C/C=C\C(Cc1ccc2c(-c3cnn(C)c3)cc(C(N)=O)nc2c1F)=C(/N)OC. The van der Waals surface area contributed by atoms with Gasteiger partial charge in [-0.25, -0.2) is 9.37 Å².